The van der Waals surface area contributed by atoms with Crippen LogP contribution in [0.3, 0.4) is 0 Å². The fourth-order valence-electron chi connectivity index (χ4n) is 8.11. The minimum absolute atomic E-state index is 0.0570. The first-order valence-electron chi connectivity index (χ1n) is 14.9. The number of nitrogens with one attached hydrogen (secondary N) is 1. The number of rotatable bonds is 8. The number of aromatic nitrogens is 3. The molecule has 4 aliphatic rings. The quantitative estimate of drug-likeness (QED) is 0.232. The van der Waals surface area contributed by atoms with Crippen LogP contribution in [0.4, 0.5) is 13.2 Å². The normalized spacial score (nSPS) is 28.0. The Morgan fingerprint density at radius 2 is 1.93 bits per heavy atom. The molecule has 3 aromatic heterocycles. The molecule has 0 amide bonds. The number of pyridine rings is 1. The summed E-state index contributed by atoms with van der Waals surface area (Å²) in [6.07, 6.45) is 4.12. The zero-order valence-corrected chi connectivity index (χ0v) is 23.2. The monoisotopic (exact) mass is 593 g/mol. The molecule has 3 heterocycles. The number of fused-ring (bicyclic) bond motifs is 1. The van der Waals surface area contributed by atoms with E-state index < -0.39 is 6.36 Å². The first kappa shape index (κ1) is 26.7. The van der Waals surface area contributed by atoms with Crippen molar-refractivity contribution in [2.24, 2.45) is 17.8 Å². The summed E-state index contributed by atoms with van der Waals surface area (Å²) in [5.41, 5.74) is 3.01. The van der Waals surface area contributed by atoms with Crippen molar-refractivity contribution in [3.05, 3.63) is 76.0 Å². The Bertz CT molecular complexity index is 1700. The third-order valence-corrected chi connectivity index (χ3v) is 9.99. The third kappa shape index (κ3) is 4.77. The molecule has 8 nitrogen and oxygen atoms in total. The predicted molar refractivity (Wildman–Crippen MR) is 147 cm³/mol. The van der Waals surface area contributed by atoms with Crippen molar-refractivity contribution in [1.29, 1.82) is 0 Å². The van der Waals surface area contributed by atoms with Crippen molar-refractivity contribution in [1.82, 2.24) is 15.3 Å². The van der Waals surface area contributed by atoms with Crippen LogP contribution in [0.2, 0.25) is 0 Å². The molecule has 4 saturated carbocycles. The topological polar surface area (TPSA) is 103 Å². The maximum Gasteiger partial charge on any atom is 0.573 e. The second-order valence-electron chi connectivity index (χ2n) is 12.6. The Kier molecular flexibility index (Phi) is 6.12. The van der Waals surface area contributed by atoms with E-state index in [4.69, 9.17) is 18.8 Å². The standard InChI is InChI=1S/C32H30F3N3O5/c33-32(34,35)41-25-4-2-1-3-22(25)29-23(30(43-38-29)18-5-6-18)16-40-21-9-17-10-24-20(11-21)14-31(24,13-17)27-8-7-19(15-36-27)26-12-28(39)37-42-26/h1-4,7-8,12,15,17-18,20-21,24H,5-6,9-11,13-14,16H2,(H,37,39)/t17-,20-,21+,24?,31?/m1/s1. The Hall–Kier alpha value is -3.86. The lowest BCUT2D eigenvalue weighted by Crippen LogP contribution is -2.50. The molecule has 4 aromatic rings. The van der Waals surface area contributed by atoms with Crippen molar-refractivity contribution in [3.8, 4) is 28.3 Å². The van der Waals surface area contributed by atoms with Gasteiger partial charge in [-0.3, -0.25) is 9.78 Å². The van der Waals surface area contributed by atoms with E-state index >= 15 is 0 Å². The molecule has 0 spiro atoms. The van der Waals surface area contributed by atoms with Crippen LogP contribution >= 0.6 is 0 Å². The van der Waals surface area contributed by atoms with Crippen LogP contribution in [0, 0.1) is 17.8 Å². The SMILES string of the molecule is O=c1cc(-c2ccc(C34C[C@H]5CC3[C@H](C[C@@H](OCc3c(-c6ccccc6OC(F)(F)F)noc3C3CC3)C5)C4)nc2)o[nH]1. The zero-order valence-electron chi connectivity index (χ0n) is 23.2. The number of aromatic amines is 1. The molecule has 8 rings (SSSR count). The van der Waals surface area contributed by atoms with E-state index in [2.05, 4.69) is 21.1 Å². The van der Waals surface area contributed by atoms with Crippen LogP contribution in [0.25, 0.3) is 22.6 Å². The number of halogens is 3. The lowest BCUT2D eigenvalue weighted by molar-refractivity contribution is -0.274. The van der Waals surface area contributed by atoms with Gasteiger partial charge in [0.2, 0.25) is 0 Å². The van der Waals surface area contributed by atoms with Gasteiger partial charge in [0.1, 0.15) is 17.2 Å². The second kappa shape index (κ2) is 9.83. The molecule has 1 aromatic carbocycles. The molecule has 43 heavy (non-hydrogen) atoms. The molecule has 0 aliphatic heterocycles. The summed E-state index contributed by atoms with van der Waals surface area (Å²) in [6, 6.07) is 11.5. The summed E-state index contributed by atoms with van der Waals surface area (Å²) in [6.45, 7) is 0.239. The van der Waals surface area contributed by atoms with Gasteiger partial charge in [-0.05, 0) is 87.0 Å². The van der Waals surface area contributed by atoms with Crippen molar-refractivity contribution < 1.29 is 31.7 Å². The minimum atomic E-state index is -4.81. The van der Waals surface area contributed by atoms with Gasteiger partial charge in [0.15, 0.2) is 5.76 Å². The number of nitrogens with zero attached hydrogens (tertiary/aromatic N) is 2. The van der Waals surface area contributed by atoms with Crippen molar-refractivity contribution in [2.75, 3.05) is 0 Å². The molecule has 2 unspecified atom stereocenters. The average Bonchev–Trinajstić information content (AvgIpc) is 3.50. The number of H-pyrrole nitrogens is 1. The molecule has 224 valence electrons. The van der Waals surface area contributed by atoms with Gasteiger partial charge < -0.3 is 18.5 Å². The maximum absolute atomic E-state index is 13.1. The summed E-state index contributed by atoms with van der Waals surface area (Å²) in [5, 5.41) is 6.54. The highest BCUT2D eigenvalue weighted by Crippen LogP contribution is 2.66. The van der Waals surface area contributed by atoms with Gasteiger partial charge in [-0.1, -0.05) is 17.3 Å². The lowest BCUT2D eigenvalue weighted by atomic mass is 9.52. The van der Waals surface area contributed by atoms with E-state index in [1.165, 1.54) is 18.2 Å². The number of benzene rings is 1. The highest BCUT2D eigenvalue weighted by Gasteiger charge is 2.62. The highest BCUT2D eigenvalue weighted by atomic mass is 19.4. The van der Waals surface area contributed by atoms with E-state index in [1.54, 1.807) is 18.3 Å². The molecule has 0 saturated heterocycles. The fraction of sp³-hybridized carbons (Fsp3) is 0.469. The highest BCUT2D eigenvalue weighted by molar-refractivity contribution is 5.70. The molecule has 4 aliphatic carbocycles. The average molecular weight is 594 g/mol. The van der Waals surface area contributed by atoms with Crippen molar-refractivity contribution >= 4 is 0 Å². The van der Waals surface area contributed by atoms with Crippen LogP contribution in [0.1, 0.15) is 67.9 Å². The third-order valence-electron chi connectivity index (χ3n) is 9.99. The number of ether oxygens (including phenoxy) is 2. The van der Waals surface area contributed by atoms with Gasteiger partial charge in [0.25, 0.3) is 5.56 Å². The largest absolute Gasteiger partial charge is 0.573 e. The summed E-state index contributed by atoms with van der Waals surface area (Å²) < 4.78 is 61.2. The smallest absolute Gasteiger partial charge is 0.405 e. The Balaban J connectivity index is 0.984. The molecule has 5 atom stereocenters. The van der Waals surface area contributed by atoms with E-state index in [-0.39, 0.29) is 40.9 Å². The van der Waals surface area contributed by atoms with E-state index in [0.29, 0.717) is 35.0 Å². The van der Waals surface area contributed by atoms with Gasteiger partial charge in [-0.15, -0.1) is 13.2 Å². The van der Waals surface area contributed by atoms with E-state index in [1.807, 2.05) is 6.07 Å². The van der Waals surface area contributed by atoms with Crippen LogP contribution in [-0.4, -0.2) is 27.8 Å². The first-order chi connectivity index (χ1) is 20.8. The summed E-state index contributed by atoms with van der Waals surface area (Å²) in [5.74, 6) is 2.71. The molecular weight excluding hydrogens is 563 g/mol. The summed E-state index contributed by atoms with van der Waals surface area (Å²) in [7, 11) is 0. The van der Waals surface area contributed by atoms with Crippen LogP contribution in [0.15, 0.2) is 62.5 Å². The first-order valence-corrected chi connectivity index (χ1v) is 14.9. The minimum Gasteiger partial charge on any atom is -0.405 e. The van der Waals surface area contributed by atoms with Crippen LogP contribution in [-0.2, 0) is 16.8 Å². The van der Waals surface area contributed by atoms with Gasteiger partial charge >= 0.3 is 6.36 Å². The molecule has 4 fully saturated rings. The number of hydrogen-bond donors (Lipinski definition) is 1. The molecular formula is C32H30F3N3O5. The van der Waals surface area contributed by atoms with E-state index in [0.717, 1.165) is 61.8 Å². The van der Waals surface area contributed by atoms with Crippen molar-refractivity contribution in [3.63, 3.8) is 0 Å². The summed E-state index contributed by atoms with van der Waals surface area (Å²) >= 11 is 0. The van der Waals surface area contributed by atoms with Gasteiger partial charge in [-0.2, -0.15) is 5.16 Å². The van der Waals surface area contributed by atoms with E-state index in [9.17, 15) is 18.0 Å². The van der Waals surface area contributed by atoms with Gasteiger partial charge in [-0.25, -0.2) is 0 Å². The summed E-state index contributed by atoms with van der Waals surface area (Å²) in [4.78, 5) is 16.3. The van der Waals surface area contributed by atoms with Crippen LogP contribution < -0.4 is 10.3 Å². The second-order valence-corrected chi connectivity index (χ2v) is 12.6. The molecule has 2 bridgehead atoms. The maximum atomic E-state index is 13.1. The number of para-hydroxylation sites is 1. The predicted octanol–water partition coefficient (Wildman–Crippen LogP) is 7.12. The number of hydrogen-bond acceptors (Lipinski definition) is 7. The number of alkyl halides is 3. The molecule has 11 heteroatoms. The Labute approximate surface area is 244 Å². The molecule has 0 radical (unpaired) electrons. The van der Waals surface area contributed by atoms with Crippen molar-refractivity contribution in [2.45, 2.75) is 75.4 Å². The Morgan fingerprint density at radius 1 is 1.07 bits per heavy atom. The zero-order chi connectivity index (χ0) is 29.3. The Morgan fingerprint density at radius 3 is 2.67 bits per heavy atom. The fourth-order valence-corrected chi connectivity index (χ4v) is 8.11. The lowest BCUT2D eigenvalue weighted by Gasteiger charge is -2.53. The van der Waals surface area contributed by atoms with Crippen LogP contribution in [0.5, 0.6) is 5.75 Å². The molecule has 1 N–H and O–H groups in total. The van der Waals surface area contributed by atoms with Gasteiger partial charge in [0.05, 0.1) is 18.8 Å². The van der Waals surface area contributed by atoms with Gasteiger partial charge in [0, 0.05) is 39.9 Å².